The minimum atomic E-state index is 0.256. The molecule has 0 aliphatic heterocycles. The first-order chi connectivity index (χ1) is 5.65. The number of carbonyl (C=O) groups excluding carboxylic acids is 1. The van der Waals surface area contributed by atoms with Crippen molar-refractivity contribution in [2.24, 2.45) is 5.92 Å². The molecule has 1 rings (SSSR count). The number of Topliss-reactive ketones (excluding diaryl/α,β-unsaturated/α-hetero) is 1. The van der Waals surface area contributed by atoms with Gasteiger partial charge in [-0.3, -0.25) is 4.79 Å². The van der Waals surface area contributed by atoms with Crippen LogP contribution in [-0.2, 0) is 4.79 Å². The SMILES string of the molecule is C/C=C1\CCC(CN(C)C)C1=O. The fourth-order valence-electron chi connectivity index (χ4n) is 1.75. The van der Waals surface area contributed by atoms with Gasteiger partial charge in [0.05, 0.1) is 0 Å². The topological polar surface area (TPSA) is 20.3 Å². The number of hydrogen-bond donors (Lipinski definition) is 0. The van der Waals surface area contributed by atoms with Gasteiger partial charge in [-0.2, -0.15) is 0 Å². The van der Waals surface area contributed by atoms with E-state index in [-0.39, 0.29) is 5.92 Å². The Morgan fingerprint density at radius 2 is 2.25 bits per heavy atom. The summed E-state index contributed by atoms with van der Waals surface area (Å²) in [6, 6.07) is 0. The van der Waals surface area contributed by atoms with E-state index in [1.807, 2.05) is 27.1 Å². The molecule has 2 nitrogen and oxygen atoms in total. The van der Waals surface area contributed by atoms with Gasteiger partial charge in [-0.1, -0.05) is 6.08 Å². The highest BCUT2D eigenvalue weighted by Crippen LogP contribution is 2.26. The fourth-order valence-corrected chi connectivity index (χ4v) is 1.75. The van der Waals surface area contributed by atoms with E-state index in [1.165, 1.54) is 0 Å². The number of carbonyl (C=O) groups is 1. The molecule has 1 atom stereocenters. The van der Waals surface area contributed by atoms with Crippen LogP contribution in [0.2, 0.25) is 0 Å². The van der Waals surface area contributed by atoms with Gasteiger partial charge in [0, 0.05) is 12.5 Å². The standard InChI is InChI=1S/C10H17NO/c1-4-8-5-6-9(10(8)12)7-11(2)3/h4,9H,5-7H2,1-3H3/b8-4+. The Morgan fingerprint density at radius 1 is 1.58 bits per heavy atom. The molecule has 0 heterocycles. The molecule has 0 spiro atoms. The zero-order valence-electron chi connectivity index (χ0n) is 8.13. The van der Waals surface area contributed by atoms with Crippen molar-refractivity contribution in [3.05, 3.63) is 11.6 Å². The third-order valence-corrected chi connectivity index (χ3v) is 2.38. The second-order valence-corrected chi connectivity index (χ2v) is 3.68. The van der Waals surface area contributed by atoms with E-state index >= 15 is 0 Å². The molecule has 0 aromatic rings. The number of rotatable bonds is 2. The Morgan fingerprint density at radius 3 is 2.67 bits per heavy atom. The molecule has 0 bridgehead atoms. The van der Waals surface area contributed by atoms with Gasteiger partial charge in [-0.15, -0.1) is 0 Å². The molecule has 1 saturated carbocycles. The van der Waals surface area contributed by atoms with Gasteiger partial charge in [-0.05, 0) is 39.4 Å². The number of ketones is 1. The molecule has 2 heteroatoms. The summed E-state index contributed by atoms with van der Waals surface area (Å²) in [4.78, 5) is 13.7. The lowest BCUT2D eigenvalue weighted by atomic mass is 10.1. The van der Waals surface area contributed by atoms with Crippen LogP contribution in [0.3, 0.4) is 0 Å². The zero-order valence-corrected chi connectivity index (χ0v) is 8.13. The highest BCUT2D eigenvalue weighted by atomic mass is 16.1. The number of nitrogens with zero attached hydrogens (tertiary/aromatic N) is 1. The maximum absolute atomic E-state index is 11.6. The second-order valence-electron chi connectivity index (χ2n) is 3.68. The zero-order chi connectivity index (χ0) is 9.14. The minimum Gasteiger partial charge on any atom is -0.309 e. The lowest BCUT2D eigenvalue weighted by molar-refractivity contribution is -0.118. The maximum Gasteiger partial charge on any atom is 0.162 e. The molecular weight excluding hydrogens is 150 g/mol. The van der Waals surface area contributed by atoms with E-state index in [9.17, 15) is 4.79 Å². The monoisotopic (exact) mass is 167 g/mol. The summed E-state index contributed by atoms with van der Waals surface area (Å²) < 4.78 is 0. The van der Waals surface area contributed by atoms with Gasteiger partial charge >= 0.3 is 0 Å². The predicted molar refractivity (Wildman–Crippen MR) is 50.0 cm³/mol. The van der Waals surface area contributed by atoms with Crippen LogP contribution in [0.15, 0.2) is 11.6 Å². The molecule has 68 valence electrons. The number of allylic oxidation sites excluding steroid dienone is 2. The van der Waals surface area contributed by atoms with Gasteiger partial charge in [0.2, 0.25) is 0 Å². The first-order valence-electron chi connectivity index (χ1n) is 4.49. The molecule has 0 amide bonds. The Bertz CT molecular complexity index is 206. The molecule has 0 radical (unpaired) electrons. The summed E-state index contributed by atoms with van der Waals surface area (Å²) in [5.74, 6) is 0.623. The summed E-state index contributed by atoms with van der Waals surface area (Å²) in [7, 11) is 4.03. The van der Waals surface area contributed by atoms with E-state index in [0.29, 0.717) is 5.78 Å². The van der Waals surface area contributed by atoms with E-state index in [4.69, 9.17) is 0 Å². The molecular formula is C10H17NO. The van der Waals surface area contributed by atoms with Crippen molar-refractivity contribution in [2.75, 3.05) is 20.6 Å². The molecule has 1 aliphatic carbocycles. The molecule has 0 aromatic heterocycles. The van der Waals surface area contributed by atoms with Gasteiger partial charge < -0.3 is 4.90 Å². The summed E-state index contributed by atoms with van der Waals surface area (Å²) in [6.07, 6.45) is 3.97. The Kier molecular flexibility index (Phi) is 3.04. The predicted octanol–water partition coefficient (Wildman–Crippen LogP) is 1.47. The van der Waals surface area contributed by atoms with E-state index in [0.717, 1.165) is 25.0 Å². The van der Waals surface area contributed by atoms with Crippen molar-refractivity contribution in [3.63, 3.8) is 0 Å². The normalized spacial score (nSPS) is 27.5. The van der Waals surface area contributed by atoms with Gasteiger partial charge in [0.15, 0.2) is 5.78 Å². The van der Waals surface area contributed by atoms with Gasteiger partial charge in [0.1, 0.15) is 0 Å². The minimum absolute atomic E-state index is 0.256. The van der Waals surface area contributed by atoms with Crippen LogP contribution in [0, 0.1) is 5.92 Å². The quantitative estimate of drug-likeness (QED) is 0.580. The Hall–Kier alpha value is -0.630. The Balaban J connectivity index is 2.55. The summed E-state index contributed by atoms with van der Waals surface area (Å²) >= 11 is 0. The van der Waals surface area contributed by atoms with Crippen LogP contribution >= 0.6 is 0 Å². The Labute approximate surface area is 74.2 Å². The first-order valence-corrected chi connectivity index (χ1v) is 4.49. The van der Waals surface area contributed by atoms with Crippen LogP contribution in [-0.4, -0.2) is 31.3 Å². The van der Waals surface area contributed by atoms with Crippen LogP contribution in [0.4, 0.5) is 0 Å². The maximum atomic E-state index is 11.6. The summed E-state index contributed by atoms with van der Waals surface area (Å²) in [5, 5.41) is 0. The van der Waals surface area contributed by atoms with Crippen molar-refractivity contribution in [1.82, 2.24) is 4.90 Å². The number of hydrogen-bond acceptors (Lipinski definition) is 2. The van der Waals surface area contributed by atoms with Crippen molar-refractivity contribution in [3.8, 4) is 0 Å². The summed E-state index contributed by atoms with van der Waals surface area (Å²) in [5.41, 5.74) is 1.03. The largest absolute Gasteiger partial charge is 0.309 e. The second kappa shape index (κ2) is 3.85. The summed E-state index contributed by atoms with van der Waals surface area (Å²) in [6.45, 7) is 2.85. The highest BCUT2D eigenvalue weighted by Gasteiger charge is 2.28. The highest BCUT2D eigenvalue weighted by molar-refractivity contribution is 5.99. The van der Waals surface area contributed by atoms with Crippen molar-refractivity contribution in [2.45, 2.75) is 19.8 Å². The van der Waals surface area contributed by atoms with E-state index < -0.39 is 0 Å². The van der Waals surface area contributed by atoms with Crippen molar-refractivity contribution in [1.29, 1.82) is 0 Å². The smallest absolute Gasteiger partial charge is 0.162 e. The van der Waals surface area contributed by atoms with Crippen molar-refractivity contribution < 1.29 is 4.79 Å². The van der Waals surface area contributed by atoms with Crippen LogP contribution in [0.5, 0.6) is 0 Å². The molecule has 1 unspecified atom stereocenters. The molecule has 1 aliphatic rings. The average molecular weight is 167 g/mol. The van der Waals surface area contributed by atoms with E-state index in [1.54, 1.807) is 0 Å². The lowest BCUT2D eigenvalue weighted by Gasteiger charge is -2.13. The van der Waals surface area contributed by atoms with Crippen LogP contribution in [0.25, 0.3) is 0 Å². The lowest BCUT2D eigenvalue weighted by Crippen LogP contribution is -2.24. The molecule has 0 saturated heterocycles. The molecule has 0 aromatic carbocycles. The van der Waals surface area contributed by atoms with Gasteiger partial charge in [0.25, 0.3) is 0 Å². The molecule has 12 heavy (non-hydrogen) atoms. The third-order valence-electron chi connectivity index (χ3n) is 2.38. The molecule has 1 fully saturated rings. The van der Waals surface area contributed by atoms with Crippen LogP contribution < -0.4 is 0 Å². The fraction of sp³-hybridized carbons (Fsp3) is 0.700. The van der Waals surface area contributed by atoms with Crippen molar-refractivity contribution >= 4 is 5.78 Å². The molecule has 0 N–H and O–H groups in total. The van der Waals surface area contributed by atoms with E-state index in [2.05, 4.69) is 4.90 Å². The third kappa shape index (κ3) is 1.95. The average Bonchev–Trinajstić information content (AvgIpc) is 2.32. The first kappa shape index (κ1) is 9.46. The van der Waals surface area contributed by atoms with Gasteiger partial charge in [-0.25, -0.2) is 0 Å². The van der Waals surface area contributed by atoms with Crippen LogP contribution in [0.1, 0.15) is 19.8 Å².